The minimum absolute atomic E-state index is 0.166. The summed E-state index contributed by atoms with van der Waals surface area (Å²) in [4.78, 5) is 22.9. The molecule has 2 aromatic carbocycles. The second-order valence-electron chi connectivity index (χ2n) is 5.97. The maximum Gasteiger partial charge on any atom is 0.241 e. The molecule has 1 atom stereocenters. The predicted octanol–water partition coefficient (Wildman–Crippen LogP) is 1.02. The van der Waals surface area contributed by atoms with E-state index in [2.05, 4.69) is 0 Å². The Morgan fingerprint density at radius 2 is 1.72 bits per heavy atom. The van der Waals surface area contributed by atoms with Crippen LogP contribution in [0.2, 0.25) is 0 Å². The van der Waals surface area contributed by atoms with Gasteiger partial charge < -0.3 is 19.4 Å². The highest BCUT2D eigenvalue weighted by Crippen LogP contribution is 2.31. The van der Waals surface area contributed by atoms with Gasteiger partial charge in [-0.1, -0.05) is 12.1 Å². The topological polar surface area (TPSA) is 122 Å². The van der Waals surface area contributed by atoms with Gasteiger partial charge in [0.15, 0.2) is 17.3 Å². The minimum atomic E-state index is -4.05. The van der Waals surface area contributed by atoms with Gasteiger partial charge in [-0.25, -0.2) is 13.1 Å². The second kappa shape index (κ2) is 9.35. The summed E-state index contributed by atoms with van der Waals surface area (Å²) >= 11 is 0. The van der Waals surface area contributed by atoms with Crippen molar-refractivity contribution >= 4 is 27.9 Å². The summed E-state index contributed by atoms with van der Waals surface area (Å²) < 4.78 is 36.8. The highest BCUT2D eigenvalue weighted by molar-refractivity contribution is 7.89. The lowest BCUT2D eigenvalue weighted by molar-refractivity contribution is -0.307. The SMILES string of the molecule is COc1cccc(/C=C/C(=O)c2ccc(S(=O)(=O)N[C@@H](C)C(=O)[O-])cc2)c1OC. The smallest absolute Gasteiger partial charge is 0.241 e. The number of sulfonamides is 1. The molecule has 0 bridgehead atoms. The Kier molecular flexibility index (Phi) is 7.13. The van der Waals surface area contributed by atoms with E-state index in [1.165, 1.54) is 44.6 Å². The Balaban J connectivity index is 2.19. The third-order valence-electron chi connectivity index (χ3n) is 3.98. The van der Waals surface area contributed by atoms with E-state index in [1.807, 2.05) is 4.72 Å². The summed E-state index contributed by atoms with van der Waals surface area (Å²) in [6.07, 6.45) is 2.90. The van der Waals surface area contributed by atoms with Crippen LogP contribution in [0, 0.1) is 0 Å². The molecule has 0 heterocycles. The summed E-state index contributed by atoms with van der Waals surface area (Å²) in [5, 5.41) is 10.7. The molecule has 0 fully saturated rings. The lowest BCUT2D eigenvalue weighted by atomic mass is 10.1. The number of benzene rings is 2. The van der Waals surface area contributed by atoms with Gasteiger partial charge in [-0.3, -0.25) is 4.79 Å². The van der Waals surface area contributed by atoms with E-state index < -0.39 is 22.0 Å². The van der Waals surface area contributed by atoms with Crippen molar-refractivity contribution in [1.29, 1.82) is 0 Å². The van der Waals surface area contributed by atoms with E-state index in [-0.39, 0.29) is 16.2 Å². The number of methoxy groups -OCH3 is 2. The molecule has 0 amide bonds. The molecule has 1 N–H and O–H groups in total. The van der Waals surface area contributed by atoms with Gasteiger partial charge in [0.05, 0.1) is 31.1 Å². The maximum absolute atomic E-state index is 12.4. The normalized spacial score (nSPS) is 12.5. The number of ether oxygens (including phenoxy) is 2. The average Bonchev–Trinajstić information content (AvgIpc) is 2.71. The van der Waals surface area contributed by atoms with Gasteiger partial charge in [-0.2, -0.15) is 0 Å². The molecule has 0 radical (unpaired) electrons. The quantitative estimate of drug-likeness (QED) is 0.476. The predicted molar refractivity (Wildman–Crippen MR) is 104 cm³/mol. The summed E-state index contributed by atoms with van der Waals surface area (Å²) in [7, 11) is -1.05. The van der Waals surface area contributed by atoms with Crippen LogP contribution < -0.4 is 19.3 Å². The Morgan fingerprint density at radius 1 is 1.07 bits per heavy atom. The molecule has 0 saturated carbocycles. The number of hydrogen-bond acceptors (Lipinski definition) is 7. The van der Waals surface area contributed by atoms with E-state index in [9.17, 15) is 23.1 Å². The van der Waals surface area contributed by atoms with Crippen LogP contribution in [0.25, 0.3) is 6.08 Å². The monoisotopic (exact) mass is 418 g/mol. The molecule has 2 aromatic rings. The molecule has 29 heavy (non-hydrogen) atoms. The molecule has 0 spiro atoms. The van der Waals surface area contributed by atoms with Crippen molar-refractivity contribution in [2.45, 2.75) is 17.9 Å². The van der Waals surface area contributed by atoms with Gasteiger partial charge in [-0.05, 0) is 49.4 Å². The Morgan fingerprint density at radius 3 is 2.28 bits per heavy atom. The van der Waals surface area contributed by atoms with Crippen molar-refractivity contribution in [1.82, 2.24) is 4.72 Å². The summed E-state index contributed by atoms with van der Waals surface area (Å²) in [5.74, 6) is -0.892. The first-order chi connectivity index (χ1) is 13.7. The van der Waals surface area contributed by atoms with E-state index in [0.29, 0.717) is 17.1 Å². The molecule has 8 nitrogen and oxygen atoms in total. The number of ketones is 1. The molecule has 0 aliphatic rings. The van der Waals surface area contributed by atoms with Crippen LogP contribution in [0.5, 0.6) is 11.5 Å². The lowest BCUT2D eigenvalue weighted by Crippen LogP contribution is -2.45. The molecule has 0 unspecified atom stereocenters. The Bertz CT molecular complexity index is 1030. The van der Waals surface area contributed by atoms with Gasteiger partial charge in [0, 0.05) is 11.1 Å². The number of nitrogens with one attached hydrogen (secondary N) is 1. The second-order valence-corrected chi connectivity index (χ2v) is 7.68. The molecule has 9 heteroatoms. The Labute approximate surface area is 168 Å². The number of carboxylic acids is 1. The van der Waals surface area contributed by atoms with Gasteiger partial charge in [0.25, 0.3) is 0 Å². The first-order valence-electron chi connectivity index (χ1n) is 8.46. The third kappa shape index (κ3) is 5.43. The summed E-state index contributed by atoms with van der Waals surface area (Å²) in [5.41, 5.74) is 0.898. The molecular weight excluding hydrogens is 398 g/mol. The summed E-state index contributed by atoms with van der Waals surface area (Å²) in [6, 6.07) is 8.97. The minimum Gasteiger partial charge on any atom is -0.548 e. The number of carbonyl (C=O) groups is 2. The zero-order chi connectivity index (χ0) is 21.6. The molecule has 0 aliphatic carbocycles. The molecule has 0 aromatic heterocycles. The third-order valence-corrected chi connectivity index (χ3v) is 5.54. The fourth-order valence-corrected chi connectivity index (χ4v) is 3.64. The van der Waals surface area contributed by atoms with Gasteiger partial charge >= 0.3 is 0 Å². The van der Waals surface area contributed by atoms with Crippen LogP contribution in [0.4, 0.5) is 0 Å². The van der Waals surface area contributed by atoms with Crippen LogP contribution in [-0.2, 0) is 14.8 Å². The van der Waals surface area contributed by atoms with Crippen LogP contribution in [0.3, 0.4) is 0 Å². The highest BCUT2D eigenvalue weighted by atomic mass is 32.2. The number of para-hydroxylation sites is 1. The molecular formula is C20H20NO7S-. The number of allylic oxidation sites excluding steroid dienone is 1. The van der Waals surface area contributed by atoms with Crippen molar-refractivity contribution < 1.29 is 32.6 Å². The van der Waals surface area contributed by atoms with Crippen molar-refractivity contribution in [3.05, 3.63) is 59.7 Å². The van der Waals surface area contributed by atoms with Crippen molar-refractivity contribution in [2.24, 2.45) is 0 Å². The zero-order valence-corrected chi connectivity index (χ0v) is 16.9. The highest BCUT2D eigenvalue weighted by Gasteiger charge is 2.18. The van der Waals surface area contributed by atoms with Crippen molar-refractivity contribution in [3.8, 4) is 11.5 Å². The maximum atomic E-state index is 12.4. The van der Waals surface area contributed by atoms with Gasteiger partial charge in [0.1, 0.15) is 0 Å². The number of hydrogen-bond donors (Lipinski definition) is 1. The largest absolute Gasteiger partial charge is 0.548 e. The first kappa shape index (κ1) is 22.1. The van der Waals surface area contributed by atoms with Crippen molar-refractivity contribution in [2.75, 3.05) is 14.2 Å². The van der Waals surface area contributed by atoms with Crippen LogP contribution in [0.1, 0.15) is 22.8 Å². The van der Waals surface area contributed by atoms with Gasteiger partial charge in [0.2, 0.25) is 10.0 Å². The fraction of sp³-hybridized carbons (Fsp3) is 0.200. The molecule has 2 rings (SSSR count). The van der Waals surface area contributed by atoms with Crippen LogP contribution >= 0.6 is 0 Å². The fourth-order valence-electron chi connectivity index (χ4n) is 2.45. The number of aliphatic carboxylic acids is 1. The van der Waals surface area contributed by atoms with Crippen LogP contribution in [-0.4, -0.2) is 40.4 Å². The number of rotatable bonds is 9. The van der Waals surface area contributed by atoms with Gasteiger partial charge in [-0.15, -0.1) is 0 Å². The standard InChI is InChI=1S/C20H21NO7S/c1-13(20(23)24)21-29(25,26)16-10-7-14(8-11-16)17(22)12-9-15-5-4-6-18(27-2)19(15)28-3/h4-13,21H,1-3H3,(H,23,24)/p-1/b12-9+/t13-/m0/s1. The number of carbonyl (C=O) groups excluding carboxylic acids is 2. The van der Waals surface area contributed by atoms with E-state index >= 15 is 0 Å². The number of carboxylic acid groups (broad SMARTS) is 1. The molecule has 154 valence electrons. The molecule has 0 aliphatic heterocycles. The average molecular weight is 418 g/mol. The van der Waals surface area contributed by atoms with Crippen LogP contribution in [0.15, 0.2) is 53.4 Å². The summed E-state index contributed by atoms with van der Waals surface area (Å²) in [6.45, 7) is 1.16. The van der Waals surface area contributed by atoms with Crippen molar-refractivity contribution in [3.63, 3.8) is 0 Å². The van der Waals surface area contributed by atoms with E-state index in [0.717, 1.165) is 6.92 Å². The first-order valence-corrected chi connectivity index (χ1v) is 9.94. The lowest BCUT2D eigenvalue weighted by Gasteiger charge is -2.14. The van der Waals surface area contributed by atoms with E-state index in [1.54, 1.807) is 24.3 Å². The molecule has 0 saturated heterocycles. The van der Waals surface area contributed by atoms with E-state index in [4.69, 9.17) is 9.47 Å². The zero-order valence-electron chi connectivity index (χ0n) is 16.0. The Hall–Kier alpha value is -3.17.